The van der Waals surface area contributed by atoms with Crippen LogP contribution in [0.5, 0.6) is 0 Å². The lowest BCUT2D eigenvalue weighted by molar-refractivity contribution is 0.102. The molecule has 0 unspecified atom stereocenters. The van der Waals surface area contributed by atoms with Gasteiger partial charge in [0.1, 0.15) is 23.3 Å². The standard InChI is InChI=1S/C23H18F2N6O/c1-14-27-21(13-22(28-14)31-20-4-2-3-11-26-20)29-16-6-8-17(9-7-16)30-23(32)15-5-10-18(24)19(25)12-15/h2-13H,1H3,(H,30,32)(H2,26,27,28,29,31). The lowest BCUT2D eigenvalue weighted by atomic mass is 10.2. The predicted molar refractivity (Wildman–Crippen MR) is 118 cm³/mol. The van der Waals surface area contributed by atoms with Crippen LogP contribution in [0.4, 0.5) is 37.6 Å². The molecule has 0 atom stereocenters. The SMILES string of the molecule is Cc1nc(Nc2ccc(NC(=O)c3ccc(F)c(F)c3)cc2)cc(Nc2ccccn2)n1. The smallest absolute Gasteiger partial charge is 0.255 e. The van der Waals surface area contributed by atoms with Gasteiger partial charge in [-0.15, -0.1) is 0 Å². The second-order valence-electron chi connectivity index (χ2n) is 6.81. The lowest BCUT2D eigenvalue weighted by Gasteiger charge is -2.11. The van der Waals surface area contributed by atoms with Crippen molar-refractivity contribution in [2.75, 3.05) is 16.0 Å². The van der Waals surface area contributed by atoms with Gasteiger partial charge in [-0.1, -0.05) is 6.07 Å². The summed E-state index contributed by atoms with van der Waals surface area (Å²) in [7, 11) is 0. The number of carbonyl (C=O) groups excluding carboxylic acids is 1. The molecule has 1 amide bonds. The highest BCUT2D eigenvalue weighted by Gasteiger charge is 2.10. The number of pyridine rings is 1. The highest BCUT2D eigenvalue weighted by Crippen LogP contribution is 2.21. The Balaban J connectivity index is 1.43. The number of carbonyl (C=O) groups is 1. The molecule has 2 heterocycles. The first-order valence-corrected chi connectivity index (χ1v) is 9.63. The van der Waals surface area contributed by atoms with Crippen LogP contribution < -0.4 is 16.0 Å². The van der Waals surface area contributed by atoms with E-state index >= 15 is 0 Å². The van der Waals surface area contributed by atoms with E-state index in [0.29, 0.717) is 29.0 Å². The van der Waals surface area contributed by atoms with Crippen molar-refractivity contribution in [3.63, 3.8) is 0 Å². The van der Waals surface area contributed by atoms with E-state index in [-0.39, 0.29) is 5.56 Å². The van der Waals surface area contributed by atoms with E-state index in [2.05, 4.69) is 30.9 Å². The van der Waals surface area contributed by atoms with Gasteiger partial charge in [0.15, 0.2) is 11.6 Å². The Labute approximate surface area is 182 Å². The Morgan fingerprint density at radius 2 is 1.50 bits per heavy atom. The Kier molecular flexibility index (Phi) is 5.98. The lowest BCUT2D eigenvalue weighted by Crippen LogP contribution is -2.12. The van der Waals surface area contributed by atoms with Crippen molar-refractivity contribution in [1.82, 2.24) is 15.0 Å². The van der Waals surface area contributed by atoms with E-state index in [1.54, 1.807) is 43.5 Å². The van der Waals surface area contributed by atoms with Crippen LogP contribution in [-0.2, 0) is 0 Å². The molecule has 32 heavy (non-hydrogen) atoms. The zero-order valence-corrected chi connectivity index (χ0v) is 16.9. The number of benzene rings is 2. The highest BCUT2D eigenvalue weighted by atomic mass is 19.2. The predicted octanol–water partition coefficient (Wildman–Crippen LogP) is 5.20. The molecule has 4 rings (SSSR count). The first kappa shape index (κ1) is 20.9. The van der Waals surface area contributed by atoms with Gasteiger partial charge in [0.25, 0.3) is 5.91 Å². The quantitative estimate of drug-likeness (QED) is 0.388. The van der Waals surface area contributed by atoms with Crippen molar-refractivity contribution in [2.24, 2.45) is 0 Å². The molecule has 0 aliphatic carbocycles. The fraction of sp³-hybridized carbons (Fsp3) is 0.0435. The average molecular weight is 432 g/mol. The van der Waals surface area contributed by atoms with Crippen LogP contribution in [0.25, 0.3) is 0 Å². The van der Waals surface area contributed by atoms with E-state index in [0.717, 1.165) is 17.8 Å². The van der Waals surface area contributed by atoms with Crippen molar-refractivity contribution in [1.29, 1.82) is 0 Å². The van der Waals surface area contributed by atoms with E-state index in [4.69, 9.17) is 0 Å². The van der Waals surface area contributed by atoms with Crippen LogP contribution in [0.1, 0.15) is 16.2 Å². The summed E-state index contributed by atoms with van der Waals surface area (Å²) in [6.45, 7) is 1.78. The fourth-order valence-electron chi connectivity index (χ4n) is 2.89. The number of amides is 1. The largest absolute Gasteiger partial charge is 0.340 e. The molecule has 4 aromatic rings. The van der Waals surface area contributed by atoms with Gasteiger partial charge in [-0.25, -0.2) is 23.7 Å². The summed E-state index contributed by atoms with van der Waals surface area (Å²) >= 11 is 0. The van der Waals surface area contributed by atoms with Crippen LogP contribution in [0.15, 0.2) is 72.9 Å². The first-order chi connectivity index (χ1) is 15.5. The summed E-state index contributed by atoms with van der Waals surface area (Å²) in [5.41, 5.74) is 1.26. The fourth-order valence-corrected chi connectivity index (χ4v) is 2.89. The average Bonchev–Trinajstić information content (AvgIpc) is 2.77. The molecule has 9 heteroatoms. The molecule has 0 radical (unpaired) electrons. The third-order valence-electron chi connectivity index (χ3n) is 4.36. The maximum Gasteiger partial charge on any atom is 0.255 e. The summed E-state index contributed by atoms with van der Waals surface area (Å²) in [6, 6.07) is 17.1. The van der Waals surface area contributed by atoms with Gasteiger partial charge in [0, 0.05) is 29.2 Å². The highest BCUT2D eigenvalue weighted by molar-refractivity contribution is 6.04. The molecule has 2 aromatic carbocycles. The molecule has 0 fully saturated rings. The Morgan fingerprint density at radius 1 is 0.781 bits per heavy atom. The first-order valence-electron chi connectivity index (χ1n) is 9.63. The summed E-state index contributed by atoms with van der Waals surface area (Å²) in [5, 5.41) is 8.95. The van der Waals surface area contributed by atoms with Crippen LogP contribution in [0, 0.1) is 18.6 Å². The van der Waals surface area contributed by atoms with Gasteiger partial charge < -0.3 is 16.0 Å². The van der Waals surface area contributed by atoms with E-state index < -0.39 is 17.5 Å². The molecule has 0 saturated carbocycles. The van der Waals surface area contributed by atoms with Gasteiger partial charge in [-0.05, 0) is 61.5 Å². The third-order valence-corrected chi connectivity index (χ3v) is 4.36. The minimum atomic E-state index is -1.07. The molecule has 7 nitrogen and oxygen atoms in total. The summed E-state index contributed by atoms with van der Waals surface area (Å²) in [6.07, 6.45) is 1.68. The number of nitrogens with zero attached hydrogens (tertiary/aromatic N) is 3. The molecule has 160 valence electrons. The zero-order chi connectivity index (χ0) is 22.5. The Bertz CT molecular complexity index is 1250. The second kappa shape index (κ2) is 9.17. The molecular formula is C23H18F2N6O. The van der Waals surface area contributed by atoms with E-state index in [1.165, 1.54) is 6.07 Å². The topological polar surface area (TPSA) is 91.8 Å². The third kappa shape index (κ3) is 5.20. The second-order valence-corrected chi connectivity index (χ2v) is 6.81. The van der Waals surface area contributed by atoms with Crippen molar-refractivity contribution in [3.8, 4) is 0 Å². The maximum atomic E-state index is 13.3. The number of halogens is 2. The van der Waals surface area contributed by atoms with Crippen LogP contribution in [-0.4, -0.2) is 20.9 Å². The van der Waals surface area contributed by atoms with Crippen LogP contribution in [0.2, 0.25) is 0 Å². The summed E-state index contributed by atoms with van der Waals surface area (Å²) < 4.78 is 26.4. The van der Waals surface area contributed by atoms with Gasteiger partial charge >= 0.3 is 0 Å². The molecular weight excluding hydrogens is 414 g/mol. The number of hydrogen-bond acceptors (Lipinski definition) is 6. The molecule has 0 bridgehead atoms. The van der Waals surface area contributed by atoms with Crippen molar-refractivity contribution >= 4 is 34.7 Å². The molecule has 3 N–H and O–H groups in total. The minimum absolute atomic E-state index is 0.0236. The van der Waals surface area contributed by atoms with E-state index in [9.17, 15) is 13.6 Å². The molecule has 0 saturated heterocycles. The summed E-state index contributed by atoms with van der Waals surface area (Å²) in [5.74, 6) is -0.212. The number of aromatic nitrogens is 3. The summed E-state index contributed by atoms with van der Waals surface area (Å²) in [4.78, 5) is 25.2. The normalized spacial score (nSPS) is 10.5. The molecule has 2 aromatic heterocycles. The zero-order valence-electron chi connectivity index (χ0n) is 16.9. The molecule has 0 aliphatic heterocycles. The maximum absolute atomic E-state index is 13.3. The van der Waals surface area contributed by atoms with Gasteiger partial charge in [-0.2, -0.15) is 0 Å². The van der Waals surface area contributed by atoms with Crippen molar-refractivity contribution in [2.45, 2.75) is 6.92 Å². The molecule has 0 aliphatic rings. The molecule has 0 spiro atoms. The van der Waals surface area contributed by atoms with Crippen LogP contribution in [0.3, 0.4) is 0 Å². The van der Waals surface area contributed by atoms with Gasteiger partial charge in [0.05, 0.1) is 0 Å². The van der Waals surface area contributed by atoms with Gasteiger partial charge in [0.2, 0.25) is 0 Å². The van der Waals surface area contributed by atoms with Crippen molar-refractivity contribution < 1.29 is 13.6 Å². The number of nitrogens with one attached hydrogen (secondary N) is 3. The van der Waals surface area contributed by atoms with E-state index in [1.807, 2.05) is 18.2 Å². The number of hydrogen-bond donors (Lipinski definition) is 3. The monoisotopic (exact) mass is 432 g/mol. The minimum Gasteiger partial charge on any atom is -0.340 e. The Hall–Kier alpha value is -4.40. The number of aryl methyl sites for hydroxylation is 1. The van der Waals surface area contributed by atoms with Crippen LogP contribution >= 0.6 is 0 Å². The number of rotatable bonds is 6. The Morgan fingerprint density at radius 3 is 2.19 bits per heavy atom. The number of anilines is 5. The van der Waals surface area contributed by atoms with Gasteiger partial charge in [-0.3, -0.25) is 4.79 Å². The van der Waals surface area contributed by atoms with Crippen molar-refractivity contribution in [3.05, 3.63) is 95.9 Å².